The molecule has 1 atom stereocenters. The van der Waals surface area contributed by atoms with E-state index in [4.69, 9.17) is 4.42 Å². The molecule has 1 aromatic carbocycles. The minimum atomic E-state index is -1.08. The van der Waals surface area contributed by atoms with Gasteiger partial charge in [-0.3, -0.25) is 4.79 Å². The van der Waals surface area contributed by atoms with Crippen LogP contribution >= 0.6 is 0 Å². The molecule has 124 valence electrons. The van der Waals surface area contributed by atoms with Crippen molar-refractivity contribution in [2.24, 2.45) is 0 Å². The van der Waals surface area contributed by atoms with Crippen molar-refractivity contribution in [3.05, 3.63) is 81.7 Å². The molecule has 2 aliphatic carbocycles. The van der Waals surface area contributed by atoms with E-state index in [2.05, 4.69) is 0 Å². The molecule has 1 aliphatic heterocycles. The molecule has 0 bridgehead atoms. The lowest BCUT2D eigenvalue weighted by Gasteiger charge is -2.24. The van der Waals surface area contributed by atoms with E-state index in [1.807, 2.05) is 18.2 Å². The number of rotatable bonds is 2. The van der Waals surface area contributed by atoms with E-state index in [0.29, 0.717) is 23.3 Å². The van der Waals surface area contributed by atoms with E-state index in [-0.39, 0.29) is 16.8 Å². The maximum atomic E-state index is 11.7. The molecule has 0 fully saturated rings. The van der Waals surface area contributed by atoms with Gasteiger partial charge in [0.15, 0.2) is 5.43 Å². The number of aliphatic carboxylic acids is 1. The van der Waals surface area contributed by atoms with Crippen LogP contribution in [0.2, 0.25) is 0 Å². The minimum absolute atomic E-state index is 0.0512. The molecule has 0 amide bonds. The van der Waals surface area contributed by atoms with E-state index in [1.54, 1.807) is 18.2 Å². The Labute approximate surface area is 142 Å². The first-order chi connectivity index (χ1) is 12.0. The van der Waals surface area contributed by atoms with Crippen LogP contribution in [0, 0.1) is 0 Å². The fourth-order valence-electron chi connectivity index (χ4n) is 3.40. The Hall–Kier alpha value is -3.34. The number of carbonyl (C=O) groups is 1. The van der Waals surface area contributed by atoms with Crippen molar-refractivity contribution in [3.63, 3.8) is 0 Å². The monoisotopic (exact) mass is 334 g/mol. The number of aliphatic hydroxyl groups is 1. The Balaban J connectivity index is 2.07. The lowest BCUT2D eigenvalue weighted by Crippen LogP contribution is -2.16. The zero-order chi connectivity index (χ0) is 17.6. The van der Waals surface area contributed by atoms with E-state index < -0.39 is 11.9 Å². The Bertz CT molecular complexity index is 1090. The summed E-state index contributed by atoms with van der Waals surface area (Å²) in [6.45, 7) is 0. The molecule has 0 radical (unpaired) electrons. The first-order valence-corrected chi connectivity index (χ1v) is 7.84. The van der Waals surface area contributed by atoms with Crippen LogP contribution in [0.1, 0.15) is 17.9 Å². The largest absolute Gasteiger partial charge is 0.508 e. The number of benzene rings is 2. The highest BCUT2D eigenvalue weighted by Crippen LogP contribution is 2.43. The van der Waals surface area contributed by atoms with Crippen molar-refractivity contribution in [1.82, 2.24) is 0 Å². The molecule has 0 spiro atoms. The molecule has 25 heavy (non-hydrogen) atoms. The van der Waals surface area contributed by atoms with Crippen LogP contribution < -0.4 is 5.43 Å². The highest BCUT2D eigenvalue weighted by Gasteiger charge is 2.30. The molecule has 0 saturated heterocycles. The number of carboxylic acids is 1. The van der Waals surface area contributed by atoms with E-state index >= 15 is 0 Å². The molecule has 0 aromatic heterocycles. The summed E-state index contributed by atoms with van der Waals surface area (Å²) in [5.41, 5.74) is 2.01. The standard InChI is InChI=1S/C20H14O5/c21-11-5-7-13(16(9-11)20(23)24)19-14-3-1-2-4-17(14)25-18-10-12(22)6-8-15(18)19/h1-6,8-10,13,21H,7H2,(H,23,24). The highest BCUT2D eigenvalue weighted by molar-refractivity contribution is 5.95. The predicted octanol–water partition coefficient (Wildman–Crippen LogP) is 3.84. The molecule has 4 rings (SSSR count). The van der Waals surface area contributed by atoms with Crippen LogP contribution in [0.4, 0.5) is 0 Å². The fraction of sp³-hybridized carbons (Fsp3) is 0.100. The molecule has 0 saturated carbocycles. The van der Waals surface area contributed by atoms with Crippen molar-refractivity contribution in [3.8, 4) is 11.3 Å². The first kappa shape index (κ1) is 15.2. The molecule has 5 nitrogen and oxygen atoms in total. The van der Waals surface area contributed by atoms with Crippen molar-refractivity contribution < 1.29 is 19.4 Å². The quantitative estimate of drug-likeness (QED) is 0.695. The second kappa shape index (κ2) is 5.63. The van der Waals surface area contributed by atoms with E-state index in [0.717, 1.165) is 10.9 Å². The summed E-state index contributed by atoms with van der Waals surface area (Å²) in [6.07, 6.45) is 3.24. The van der Waals surface area contributed by atoms with Crippen molar-refractivity contribution in [2.45, 2.75) is 12.3 Å². The van der Waals surface area contributed by atoms with Gasteiger partial charge in [-0.25, -0.2) is 4.79 Å². The summed E-state index contributed by atoms with van der Waals surface area (Å²) < 4.78 is 5.84. The zero-order valence-corrected chi connectivity index (χ0v) is 13.1. The highest BCUT2D eigenvalue weighted by atomic mass is 16.4. The van der Waals surface area contributed by atoms with Crippen LogP contribution in [-0.2, 0) is 4.79 Å². The number of aliphatic hydroxyl groups excluding tert-OH is 1. The normalized spacial score (nSPS) is 17.4. The van der Waals surface area contributed by atoms with Crippen molar-refractivity contribution in [1.29, 1.82) is 0 Å². The SMILES string of the molecule is O=C(O)C1=CC(O)=CCC1c1c2ccc(=O)cc-2oc2ccccc12. The Morgan fingerprint density at radius 1 is 1.16 bits per heavy atom. The predicted molar refractivity (Wildman–Crippen MR) is 92.9 cm³/mol. The number of hydrogen-bond acceptors (Lipinski definition) is 4. The van der Waals surface area contributed by atoms with E-state index in [9.17, 15) is 19.8 Å². The molecule has 3 aliphatic rings. The molecular formula is C20H14O5. The smallest absolute Gasteiger partial charge is 0.332 e. The minimum Gasteiger partial charge on any atom is -0.508 e. The zero-order valence-electron chi connectivity index (χ0n) is 13.1. The maximum absolute atomic E-state index is 11.7. The van der Waals surface area contributed by atoms with Crippen LogP contribution in [-0.4, -0.2) is 16.2 Å². The van der Waals surface area contributed by atoms with E-state index in [1.165, 1.54) is 18.2 Å². The molecule has 1 unspecified atom stereocenters. The van der Waals surface area contributed by atoms with Gasteiger partial charge >= 0.3 is 5.97 Å². The van der Waals surface area contributed by atoms with Gasteiger partial charge in [-0.05, 0) is 42.3 Å². The maximum Gasteiger partial charge on any atom is 0.332 e. The third-order valence-corrected chi connectivity index (χ3v) is 4.48. The third-order valence-electron chi connectivity index (χ3n) is 4.48. The summed E-state index contributed by atoms with van der Waals surface area (Å²) in [5, 5.41) is 20.1. The molecule has 1 aromatic rings. The van der Waals surface area contributed by atoms with Crippen LogP contribution in [0.15, 0.2) is 75.2 Å². The number of para-hydroxylation sites is 1. The lowest BCUT2D eigenvalue weighted by molar-refractivity contribution is -0.133. The molecule has 5 heteroatoms. The van der Waals surface area contributed by atoms with Crippen molar-refractivity contribution >= 4 is 16.9 Å². The number of allylic oxidation sites excluding steroid dienone is 2. The Morgan fingerprint density at radius 3 is 2.76 bits per heavy atom. The summed E-state index contributed by atoms with van der Waals surface area (Å²) in [4.78, 5) is 23.4. The van der Waals surface area contributed by atoms with Crippen molar-refractivity contribution in [2.75, 3.05) is 0 Å². The van der Waals surface area contributed by atoms with Gasteiger partial charge in [-0.2, -0.15) is 0 Å². The molecular weight excluding hydrogens is 320 g/mol. The fourth-order valence-corrected chi connectivity index (χ4v) is 3.40. The van der Waals surface area contributed by atoms with Gasteiger partial charge in [0.1, 0.15) is 17.1 Å². The lowest BCUT2D eigenvalue weighted by atomic mass is 9.80. The molecule has 1 heterocycles. The van der Waals surface area contributed by atoms with Gasteiger partial charge in [0.05, 0.1) is 0 Å². The van der Waals surface area contributed by atoms with Gasteiger partial charge in [-0.15, -0.1) is 0 Å². The van der Waals surface area contributed by atoms with Gasteiger partial charge in [0.2, 0.25) is 0 Å². The second-order valence-electron chi connectivity index (χ2n) is 5.99. The summed E-state index contributed by atoms with van der Waals surface area (Å²) >= 11 is 0. The van der Waals surface area contributed by atoms with Crippen LogP contribution in [0.5, 0.6) is 0 Å². The third kappa shape index (κ3) is 2.50. The summed E-state index contributed by atoms with van der Waals surface area (Å²) in [6, 6.07) is 11.9. The van der Waals surface area contributed by atoms with Crippen LogP contribution in [0.3, 0.4) is 0 Å². The second-order valence-corrected chi connectivity index (χ2v) is 5.99. The number of carboxylic acid groups (broad SMARTS) is 1. The van der Waals surface area contributed by atoms with Crippen LogP contribution in [0.25, 0.3) is 22.3 Å². The molecule has 2 N–H and O–H groups in total. The Morgan fingerprint density at radius 2 is 1.96 bits per heavy atom. The summed E-state index contributed by atoms with van der Waals surface area (Å²) in [7, 11) is 0. The van der Waals surface area contributed by atoms with Gasteiger partial charge in [0.25, 0.3) is 0 Å². The van der Waals surface area contributed by atoms with Gasteiger partial charge in [0, 0.05) is 28.5 Å². The average molecular weight is 334 g/mol. The topological polar surface area (TPSA) is 87.7 Å². The number of hydrogen-bond donors (Lipinski definition) is 2. The number of fused-ring (bicyclic) bond motifs is 2. The average Bonchev–Trinajstić information content (AvgIpc) is 2.59. The van der Waals surface area contributed by atoms with Gasteiger partial charge < -0.3 is 14.6 Å². The Kier molecular flexibility index (Phi) is 3.42. The van der Waals surface area contributed by atoms with Gasteiger partial charge in [-0.1, -0.05) is 18.2 Å². The first-order valence-electron chi connectivity index (χ1n) is 7.84. The summed E-state index contributed by atoms with van der Waals surface area (Å²) in [5.74, 6) is -1.16.